The monoisotopic (exact) mass is 445 g/mol. The fourth-order valence-corrected chi connectivity index (χ4v) is 3.47. The lowest BCUT2D eigenvalue weighted by molar-refractivity contribution is 0.102. The van der Waals surface area contributed by atoms with Gasteiger partial charge in [0.1, 0.15) is 11.5 Å². The number of aromatic nitrogens is 4. The van der Waals surface area contributed by atoms with Crippen LogP contribution in [-0.2, 0) is 4.74 Å². The number of morpholine rings is 1. The van der Waals surface area contributed by atoms with Crippen molar-refractivity contribution in [2.24, 2.45) is 0 Å². The molecule has 0 aliphatic carbocycles. The van der Waals surface area contributed by atoms with Crippen LogP contribution in [0.5, 0.6) is 0 Å². The zero-order valence-electron chi connectivity index (χ0n) is 18.7. The van der Waals surface area contributed by atoms with Crippen LogP contribution in [0.3, 0.4) is 0 Å². The number of rotatable bonds is 4. The zero-order chi connectivity index (χ0) is 23.2. The summed E-state index contributed by atoms with van der Waals surface area (Å²) in [6, 6.07) is 14.4. The second-order valence-electron chi connectivity index (χ2n) is 7.23. The Morgan fingerprint density at radius 1 is 1.09 bits per heavy atom. The number of benzene rings is 1. The maximum absolute atomic E-state index is 12.8. The predicted octanol–water partition coefficient (Wildman–Crippen LogP) is 3.72. The lowest BCUT2D eigenvalue weighted by atomic mass is 10.1. The number of aromatic amines is 1. The number of nitrogens with one attached hydrogen (secondary N) is 2. The average molecular weight is 446 g/mol. The van der Waals surface area contributed by atoms with Crippen LogP contribution in [0.15, 0.2) is 54.7 Å². The Balaban J connectivity index is 0.00000126. The Labute approximate surface area is 192 Å². The van der Waals surface area contributed by atoms with Gasteiger partial charge in [-0.3, -0.25) is 4.79 Å². The number of amides is 1. The van der Waals surface area contributed by atoms with Gasteiger partial charge in [-0.15, -0.1) is 0 Å². The van der Waals surface area contributed by atoms with E-state index in [0.717, 1.165) is 35.6 Å². The second kappa shape index (κ2) is 10.1. The number of nitrogen functional groups attached to an aromatic ring is 1. The molecule has 4 aromatic rings. The first-order chi connectivity index (χ1) is 16.2. The van der Waals surface area contributed by atoms with Gasteiger partial charge >= 0.3 is 0 Å². The molecule has 170 valence electrons. The van der Waals surface area contributed by atoms with Crippen LogP contribution in [0, 0.1) is 0 Å². The lowest BCUT2D eigenvalue weighted by Gasteiger charge is -2.26. The summed E-state index contributed by atoms with van der Waals surface area (Å²) in [7, 11) is 0. The molecule has 9 nitrogen and oxygen atoms in total. The maximum Gasteiger partial charge on any atom is 0.274 e. The number of hydrogen-bond acceptors (Lipinski definition) is 7. The first kappa shape index (κ1) is 22.2. The largest absolute Gasteiger partial charge is 0.384 e. The fourth-order valence-electron chi connectivity index (χ4n) is 3.47. The summed E-state index contributed by atoms with van der Waals surface area (Å²) in [4.78, 5) is 31.5. The van der Waals surface area contributed by atoms with Crippen molar-refractivity contribution in [2.75, 3.05) is 42.3 Å². The van der Waals surface area contributed by atoms with E-state index >= 15 is 0 Å². The van der Waals surface area contributed by atoms with Gasteiger partial charge in [-0.1, -0.05) is 19.9 Å². The highest BCUT2D eigenvalue weighted by molar-refractivity contribution is 6.04. The van der Waals surface area contributed by atoms with E-state index in [9.17, 15) is 4.79 Å². The molecular weight excluding hydrogens is 418 g/mol. The van der Waals surface area contributed by atoms with Crippen molar-refractivity contribution in [2.45, 2.75) is 13.8 Å². The highest BCUT2D eigenvalue weighted by Crippen LogP contribution is 2.22. The summed E-state index contributed by atoms with van der Waals surface area (Å²) in [6.45, 7) is 6.98. The summed E-state index contributed by atoms with van der Waals surface area (Å²) in [5.41, 5.74) is 9.76. The number of H-pyrrole nitrogens is 1. The number of fused-ring (bicyclic) bond motifs is 1. The van der Waals surface area contributed by atoms with Crippen molar-refractivity contribution in [1.29, 1.82) is 0 Å². The number of anilines is 3. The van der Waals surface area contributed by atoms with Gasteiger partial charge in [0, 0.05) is 30.5 Å². The van der Waals surface area contributed by atoms with Gasteiger partial charge in [-0.2, -0.15) is 0 Å². The highest BCUT2D eigenvalue weighted by Gasteiger charge is 2.16. The van der Waals surface area contributed by atoms with Crippen LogP contribution in [0.4, 0.5) is 17.5 Å². The molecule has 1 fully saturated rings. The van der Waals surface area contributed by atoms with E-state index in [1.807, 2.05) is 44.2 Å². The third-order valence-corrected chi connectivity index (χ3v) is 5.10. The van der Waals surface area contributed by atoms with Gasteiger partial charge in [0.2, 0.25) is 5.95 Å². The highest BCUT2D eigenvalue weighted by atomic mass is 16.5. The Hall–Kier alpha value is -3.98. The van der Waals surface area contributed by atoms with Gasteiger partial charge in [-0.05, 0) is 42.5 Å². The average Bonchev–Trinajstić information content (AvgIpc) is 3.30. The molecule has 0 unspecified atom stereocenters. The summed E-state index contributed by atoms with van der Waals surface area (Å²) < 4.78 is 5.40. The van der Waals surface area contributed by atoms with Crippen LogP contribution in [0.2, 0.25) is 0 Å². The standard InChI is InChI=1S/C22H21N7O2.C2H6/c23-20-7-4-14(13-24-20)16-2-1-3-18(26-16)21(30)25-15-5-6-17-19(12-15)28-22(27-17)29-8-10-31-11-9-29;1-2/h1-7,12-13H,8-11H2,(H2,23,24)(H,25,30)(H,27,28);1-2H3. The zero-order valence-corrected chi connectivity index (χ0v) is 18.7. The van der Waals surface area contributed by atoms with Crippen LogP contribution in [0.25, 0.3) is 22.3 Å². The van der Waals surface area contributed by atoms with Crippen molar-refractivity contribution in [3.05, 3.63) is 60.4 Å². The Morgan fingerprint density at radius 3 is 2.67 bits per heavy atom. The number of ether oxygens (including phenoxy) is 1. The molecule has 9 heteroatoms. The first-order valence-electron chi connectivity index (χ1n) is 11.0. The number of pyridine rings is 2. The van der Waals surface area contributed by atoms with Gasteiger partial charge in [-0.25, -0.2) is 15.0 Å². The molecule has 1 saturated heterocycles. The molecule has 0 atom stereocenters. The number of hydrogen-bond donors (Lipinski definition) is 3. The Bertz CT molecular complexity index is 1230. The number of nitrogens with zero attached hydrogens (tertiary/aromatic N) is 4. The molecule has 0 bridgehead atoms. The molecule has 1 amide bonds. The van der Waals surface area contributed by atoms with Crippen LogP contribution in [0.1, 0.15) is 24.3 Å². The first-order valence-corrected chi connectivity index (χ1v) is 11.0. The maximum atomic E-state index is 12.8. The van der Waals surface area contributed by atoms with Crippen molar-refractivity contribution >= 4 is 34.4 Å². The summed E-state index contributed by atoms with van der Waals surface area (Å²) >= 11 is 0. The van der Waals surface area contributed by atoms with Crippen molar-refractivity contribution in [3.8, 4) is 11.3 Å². The third kappa shape index (κ3) is 5.09. The molecule has 1 aliphatic heterocycles. The molecular formula is C24H27N7O2. The van der Waals surface area contributed by atoms with E-state index in [2.05, 4.69) is 30.2 Å². The van der Waals surface area contributed by atoms with E-state index < -0.39 is 0 Å². The summed E-state index contributed by atoms with van der Waals surface area (Å²) in [5.74, 6) is 0.953. The topological polar surface area (TPSA) is 122 Å². The molecule has 4 N–H and O–H groups in total. The van der Waals surface area contributed by atoms with Crippen LogP contribution in [-0.4, -0.2) is 52.1 Å². The Morgan fingerprint density at radius 2 is 1.91 bits per heavy atom. The Kier molecular flexibility index (Phi) is 6.80. The number of carbonyl (C=O) groups excluding carboxylic acids is 1. The van der Waals surface area contributed by atoms with Crippen molar-refractivity contribution < 1.29 is 9.53 Å². The van der Waals surface area contributed by atoms with Crippen molar-refractivity contribution in [1.82, 2.24) is 19.9 Å². The lowest BCUT2D eigenvalue weighted by Crippen LogP contribution is -2.36. The van der Waals surface area contributed by atoms with E-state index in [1.165, 1.54) is 0 Å². The van der Waals surface area contributed by atoms with E-state index in [1.54, 1.807) is 24.4 Å². The molecule has 3 aromatic heterocycles. The molecule has 1 aromatic carbocycles. The smallest absolute Gasteiger partial charge is 0.274 e. The minimum atomic E-state index is -0.294. The molecule has 4 heterocycles. The minimum absolute atomic E-state index is 0.294. The number of carbonyl (C=O) groups is 1. The minimum Gasteiger partial charge on any atom is -0.384 e. The van der Waals surface area contributed by atoms with Gasteiger partial charge in [0.05, 0.1) is 29.9 Å². The van der Waals surface area contributed by atoms with Crippen LogP contribution >= 0.6 is 0 Å². The molecule has 0 radical (unpaired) electrons. The summed E-state index contributed by atoms with van der Waals surface area (Å²) in [5, 5.41) is 2.91. The quantitative estimate of drug-likeness (QED) is 0.438. The second-order valence-corrected chi connectivity index (χ2v) is 7.23. The predicted molar refractivity (Wildman–Crippen MR) is 130 cm³/mol. The van der Waals surface area contributed by atoms with E-state index in [4.69, 9.17) is 10.5 Å². The summed E-state index contributed by atoms with van der Waals surface area (Å²) in [6.07, 6.45) is 1.64. The number of nitrogens with two attached hydrogens (primary N) is 1. The number of imidazole rings is 1. The van der Waals surface area contributed by atoms with Crippen LogP contribution < -0.4 is 16.0 Å². The van der Waals surface area contributed by atoms with Gasteiger partial charge < -0.3 is 25.7 Å². The normalized spacial score (nSPS) is 13.3. The van der Waals surface area contributed by atoms with E-state index in [0.29, 0.717) is 36.1 Å². The third-order valence-electron chi connectivity index (χ3n) is 5.10. The van der Waals surface area contributed by atoms with E-state index in [-0.39, 0.29) is 5.91 Å². The molecule has 0 saturated carbocycles. The SMILES string of the molecule is CC.Nc1ccc(-c2cccc(C(=O)Nc3ccc4nc(N5CCOCC5)[nH]c4c3)n2)cn1. The molecule has 5 rings (SSSR count). The molecule has 0 spiro atoms. The molecule has 33 heavy (non-hydrogen) atoms. The fraction of sp³-hybridized carbons (Fsp3) is 0.250. The molecule has 1 aliphatic rings. The van der Waals surface area contributed by atoms with Crippen molar-refractivity contribution in [3.63, 3.8) is 0 Å². The van der Waals surface area contributed by atoms with Gasteiger partial charge in [0.25, 0.3) is 5.91 Å². The van der Waals surface area contributed by atoms with Gasteiger partial charge in [0.15, 0.2) is 0 Å².